The molecule has 8 nitrogen and oxygen atoms in total. The minimum absolute atomic E-state index is 0.0359. The number of likely N-dealkylation sites (N-methyl/N-ethyl adjacent to an activating group) is 1. The molecule has 2 amide bonds. The van der Waals surface area contributed by atoms with E-state index in [2.05, 4.69) is 10.2 Å². The molecule has 138 valence electrons. The van der Waals surface area contributed by atoms with Crippen LogP contribution in [0, 0.1) is 0 Å². The number of nitrogens with two attached hydrogens (primary N) is 1. The molecule has 1 saturated heterocycles. The molecule has 0 unspecified atom stereocenters. The quantitative estimate of drug-likeness (QED) is 0.849. The van der Waals surface area contributed by atoms with E-state index in [0.717, 1.165) is 5.69 Å². The van der Waals surface area contributed by atoms with Crippen LogP contribution in [0.25, 0.3) is 5.69 Å². The summed E-state index contributed by atoms with van der Waals surface area (Å²) in [4.78, 5) is 29.3. The fourth-order valence-corrected chi connectivity index (χ4v) is 3.37. The lowest BCUT2D eigenvalue weighted by Gasteiger charge is -2.29. The van der Waals surface area contributed by atoms with Crippen molar-refractivity contribution in [2.24, 2.45) is 5.73 Å². The van der Waals surface area contributed by atoms with E-state index in [0.29, 0.717) is 31.6 Å². The van der Waals surface area contributed by atoms with Gasteiger partial charge in [0.15, 0.2) is 0 Å². The number of hydrogen-bond donors (Lipinski definition) is 1. The van der Waals surface area contributed by atoms with Gasteiger partial charge in [-0.1, -0.05) is 6.07 Å². The van der Waals surface area contributed by atoms with Crippen molar-refractivity contribution in [2.45, 2.75) is 32.4 Å². The molecule has 26 heavy (non-hydrogen) atoms. The average Bonchev–Trinajstić information content (AvgIpc) is 3.32. The summed E-state index contributed by atoms with van der Waals surface area (Å²) in [5, 5.41) is 7.57. The molecular formula is C18H24N6O2. The van der Waals surface area contributed by atoms with Gasteiger partial charge in [-0.05, 0) is 38.5 Å². The Morgan fingerprint density at radius 2 is 1.92 bits per heavy atom. The summed E-state index contributed by atoms with van der Waals surface area (Å²) in [7, 11) is 0. The third-order valence-corrected chi connectivity index (χ3v) is 4.76. The Morgan fingerprint density at radius 3 is 2.58 bits per heavy atom. The Kier molecular flexibility index (Phi) is 5.32. The van der Waals surface area contributed by atoms with E-state index >= 15 is 0 Å². The van der Waals surface area contributed by atoms with E-state index in [9.17, 15) is 9.59 Å². The van der Waals surface area contributed by atoms with Crippen molar-refractivity contribution in [3.05, 3.63) is 42.5 Å². The molecule has 0 spiro atoms. The fraction of sp³-hybridized carbons (Fsp3) is 0.444. The summed E-state index contributed by atoms with van der Waals surface area (Å²) in [6, 6.07) is 6.50. The highest BCUT2D eigenvalue weighted by Gasteiger charge is 2.39. The smallest absolute Gasteiger partial charge is 0.254 e. The number of carbonyl (C=O) groups is 2. The van der Waals surface area contributed by atoms with Gasteiger partial charge in [-0.15, -0.1) is 10.2 Å². The summed E-state index contributed by atoms with van der Waals surface area (Å²) in [5.74, 6) is -0.218. The lowest BCUT2D eigenvalue weighted by atomic mass is 10.1. The average molecular weight is 356 g/mol. The Labute approximate surface area is 152 Å². The normalized spacial score (nSPS) is 19.6. The summed E-state index contributed by atoms with van der Waals surface area (Å²) in [6.45, 7) is 5.49. The van der Waals surface area contributed by atoms with Gasteiger partial charge in [0.25, 0.3) is 5.91 Å². The molecule has 0 bridgehead atoms. The van der Waals surface area contributed by atoms with E-state index < -0.39 is 6.04 Å². The number of rotatable bonds is 5. The first kappa shape index (κ1) is 18.1. The number of aromatic nitrogens is 3. The molecule has 1 aromatic heterocycles. The number of likely N-dealkylation sites (tertiary alicyclic amines) is 1. The molecule has 0 aliphatic carbocycles. The van der Waals surface area contributed by atoms with Gasteiger partial charge in [0.05, 0.1) is 0 Å². The maximum atomic E-state index is 13.1. The van der Waals surface area contributed by atoms with E-state index in [4.69, 9.17) is 5.73 Å². The molecule has 1 aromatic carbocycles. The van der Waals surface area contributed by atoms with Gasteiger partial charge in [-0.3, -0.25) is 14.2 Å². The molecule has 3 rings (SSSR count). The Bertz CT molecular complexity index is 772. The van der Waals surface area contributed by atoms with E-state index in [1.165, 1.54) is 0 Å². The zero-order valence-electron chi connectivity index (χ0n) is 15.1. The predicted octanol–water partition coefficient (Wildman–Crippen LogP) is 0.678. The highest BCUT2D eigenvalue weighted by Crippen LogP contribution is 2.22. The predicted molar refractivity (Wildman–Crippen MR) is 96.7 cm³/mol. The summed E-state index contributed by atoms with van der Waals surface area (Å²) in [6.07, 6.45) is 3.64. The third-order valence-electron chi connectivity index (χ3n) is 4.76. The van der Waals surface area contributed by atoms with Gasteiger partial charge < -0.3 is 15.5 Å². The van der Waals surface area contributed by atoms with Crippen molar-refractivity contribution in [1.82, 2.24) is 24.6 Å². The van der Waals surface area contributed by atoms with Crippen LogP contribution in [-0.2, 0) is 4.79 Å². The summed E-state index contributed by atoms with van der Waals surface area (Å²) < 4.78 is 1.73. The molecule has 0 saturated carbocycles. The first-order valence-corrected chi connectivity index (χ1v) is 8.85. The Hall–Kier alpha value is -2.74. The first-order valence-electron chi connectivity index (χ1n) is 8.85. The second-order valence-electron chi connectivity index (χ2n) is 6.40. The third kappa shape index (κ3) is 3.45. The lowest BCUT2D eigenvalue weighted by Crippen LogP contribution is -2.47. The fourth-order valence-electron chi connectivity index (χ4n) is 3.37. The van der Waals surface area contributed by atoms with Gasteiger partial charge in [-0.25, -0.2) is 0 Å². The van der Waals surface area contributed by atoms with E-state index in [1.807, 2.05) is 19.9 Å². The van der Waals surface area contributed by atoms with Crippen molar-refractivity contribution in [1.29, 1.82) is 0 Å². The van der Waals surface area contributed by atoms with Gasteiger partial charge in [-0.2, -0.15) is 0 Å². The molecule has 2 aromatic rings. The molecule has 2 heterocycles. The van der Waals surface area contributed by atoms with Crippen molar-refractivity contribution >= 4 is 11.8 Å². The second kappa shape index (κ2) is 7.65. The maximum absolute atomic E-state index is 13.1. The Morgan fingerprint density at radius 1 is 1.23 bits per heavy atom. The van der Waals surface area contributed by atoms with Gasteiger partial charge >= 0.3 is 0 Å². The number of carbonyl (C=O) groups excluding carboxylic acids is 2. The van der Waals surface area contributed by atoms with Gasteiger partial charge in [0.1, 0.15) is 18.7 Å². The van der Waals surface area contributed by atoms with Crippen LogP contribution in [0.15, 0.2) is 36.9 Å². The Balaban J connectivity index is 1.86. The summed E-state index contributed by atoms with van der Waals surface area (Å²) >= 11 is 0. The lowest BCUT2D eigenvalue weighted by molar-refractivity contribution is -0.134. The monoisotopic (exact) mass is 356 g/mol. The number of benzene rings is 1. The number of nitrogens with zero attached hydrogens (tertiary/aromatic N) is 5. The molecule has 1 fully saturated rings. The van der Waals surface area contributed by atoms with Gasteiger partial charge in [0.2, 0.25) is 5.91 Å². The highest BCUT2D eigenvalue weighted by atomic mass is 16.2. The van der Waals surface area contributed by atoms with Crippen LogP contribution >= 0.6 is 0 Å². The topological polar surface area (TPSA) is 97.3 Å². The summed E-state index contributed by atoms with van der Waals surface area (Å²) in [5.41, 5.74) is 7.38. The van der Waals surface area contributed by atoms with Crippen molar-refractivity contribution < 1.29 is 9.59 Å². The molecule has 0 radical (unpaired) electrons. The van der Waals surface area contributed by atoms with Crippen LogP contribution in [0.3, 0.4) is 0 Å². The first-order chi connectivity index (χ1) is 12.5. The van der Waals surface area contributed by atoms with Crippen LogP contribution in [0.1, 0.15) is 30.6 Å². The van der Waals surface area contributed by atoms with Crippen LogP contribution in [0.4, 0.5) is 0 Å². The molecule has 8 heteroatoms. The molecule has 1 aliphatic rings. The molecular weight excluding hydrogens is 332 g/mol. The van der Waals surface area contributed by atoms with Crippen molar-refractivity contribution in [3.8, 4) is 5.69 Å². The maximum Gasteiger partial charge on any atom is 0.254 e. The van der Waals surface area contributed by atoms with E-state index in [-0.39, 0.29) is 17.9 Å². The number of hydrogen-bond acceptors (Lipinski definition) is 5. The van der Waals surface area contributed by atoms with Crippen molar-refractivity contribution in [2.75, 3.05) is 19.6 Å². The number of amides is 2. The van der Waals surface area contributed by atoms with Gasteiger partial charge in [0, 0.05) is 36.9 Å². The minimum Gasteiger partial charge on any atom is -0.341 e. The second-order valence-corrected chi connectivity index (χ2v) is 6.40. The van der Waals surface area contributed by atoms with Crippen molar-refractivity contribution in [3.63, 3.8) is 0 Å². The standard InChI is InChI=1S/C18H24N6O2/c1-3-22(4-2)18(26)16-9-14(19)10-24(16)17(25)13-6-5-7-15(8-13)23-11-20-21-12-23/h5-8,11-12,14,16H,3-4,9-10,19H2,1-2H3/t14-,16+/m1/s1. The zero-order valence-corrected chi connectivity index (χ0v) is 15.1. The SMILES string of the molecule is CCN(CC)C(=O)[C@@H]1C[C@@H](N)CN1C(=O)c1cccc(-n2cnnc2)c1. The molecule has 2 atom stereocenters. The largest absolute Gasteiger partial charge is 0.341 e. The molecule has 1 aliphatic heterocycles. The van der Waals surface area contributed by atoms with Crippen LogP contribution in [0.2, 0.25) is 0 Å². The molecule has 2 N–H and O–H groups in total. The minimum atomic E-state index is -0.504. The highest BCUT2D eigenvalue weighted by molar-refractivity contribution is 5.98. The van der Waals surface area contributed by atoms with Crippen LogP contribution in [0.5, 0.6) is 0 Å². The van der Waals surface area contributed by atoms with Crippen LogP contribution in [-0.4, -0.2) is 68.1 Å². The van der Waals surface area contributed by atoms with Crippen LogP contribution < -0.4 is 5.73 Å². The van der Waals surface area contributed by atoms with E-state index in [1.54, 1.807) is 45.2 Å². The zero-order chi connectivity index (χ0) is 18.7.